The van der Waals surface area contributed by atoms with Crippen molar-refractivity contribution in [2.75, 3.05) is 26.7 Å². The number of nitrogens with zero attached hydrogens (tertiary/aromatic N) is 4. The zero-order valence-electron chi connectivity index (χ0n) is 18.1. The first-order chi connectivity index (χ1) is 14.7. The molecule has 1 saturated heterocycles. The van der Waals surface area contributed by atoms with Crippen LogP contribution in [0, 0.1) is 5.92 Å². The summed E-state index contributed by atoms with van der Waals surface area (Å²) in [6.45, 7) is 5.59. The number of piperidine rings is 1. The van der Waals surface area contributed by atoms with Gasteiger partial charge >= 0.3 is 0 Å². The quantitative estimate of drug-likeness (QED) is 0.467. The summed E-state index contributed by atoms with van der Waals surface area (Å²) in [6, 6.07) is 13.1. The van der Waals surface area contributed by atoms with Gasteiger partial charge in [-0.2, -0.15) is 0 Å². The molecule has 6 nitrogen and oxygen atoms in total. The lowest BCUT2D eigenvalue weighted by Crippen LogP contribution is -2.44. The Morgan fingerprint density at radius 3 is 2.83 bits per heavy atom. The molecule has 1 aliphatic rings. The highest BCUT2D eigenvalue weighted by molar-refractivity contribution is 7.10. The summed E-state index contributed by atoms with van der Waals surface area (Å²) in [5, 5.41) is 9.19. The summed E-state index contributed by atoms with van der Waals surface area (Å²) < 4.78 is 2.13. The van der Waals surface area contributed by atoms with E-state index in [0.717, 1.165) is 35.9 Å². The number of guanidine groups is 1. The fourth-order valence-electron chi connectivity index (χ4n) is 4.44. The molecule has 0 radical (unpaired) electrons. The normalized spacial score (nSPS) is 20.6. The van der Waals surface area contributed by atoms with E-state index in [9.17, 15) is 0 Å². The predicted octanol–water partition coefficient (Wildman–Crippen LogP) is 3.77. The van der Waals surface area contributed by atoms with Gasteiger partial charge in [-0.05, 0) is 62.9 Å². The van der Waals surface area contributed by atoms with Gasteiger partial charge in [-0.15, -0.1) is 11.3 Å². The van der Waals surface area contributed by atoms with Crippen LogP contribution in [0.1, 0.15) is 36.5 Å². The summed E-state index contributed by atoms with van der Waals surface area (Å²) >= 11 is 1.87. The van der Waals surface area contributed by atoms with Crippen LogP contribution in [0.3, 0.4) is 0 Å². The monoisotopic (exact) mass is 424 g/mol. The van der Waals surface area contributed by atoms with Crippen LogP contribution in [0.5, 0.6) is 0 Å². The van der Waals surface area contributed by atoms with Gasteiger partial charge in [-0.1, -0.05) is 18.2 Å². The zero-order chi connectivity index (χ0) is 20.9. The number of nitrogens with one attached hydrogen (secondary N) is 2. The van der Waals surface area contributed by atoms with Crippen LogP contribution in [-0.4, -0.2) is 47.1 Å². The average molecular weight is 425 g/mol. The number of aromatic nitrogens is 2. The SMILES string of the molecule is CCNC(=NCc1nc2ccccc2n1C)NCC1CCCN(C)C1c1cccs1. The molecule has 4 rings (SSSR count). The molecule has 1 aromatic carbocycles. The summed E-state index contributed by atoms with van der Waals surface area (Å²) in [6.07, 6.45) is 2.49. The first kappa shape index (κ1) is 20.9. The first-order valence-corrected chi connectivity index (χ1v) is 11.7. The fourth-order valence-corrected chi connectivity index (χ4v) is 5.42. The Hall–Kier alpha value is -2.38. The van der Waals surface area contributed by atoms with Gasteiger partial charge in [0.1, 0.15) is 12.4 Å². The van der Waals surface area contributed by atoms with E-state index in [2.05, 4.69) is 70.8 Å². The molecule has 0 aliphatic carbocycles. The molecule has 3 heterocycles. The van der Waals surface area contributed by atoms with Gasteiger partial charge in [0.25, 0.3) is 0 Å². The van der Waals surface area contributed by atoms with Gasteiger partial charge in [0.2, 0.25) is 0 Å². The Kier molecular flexibility index (Phi) is 6.69. The van der Waals surface area contributed by atoms with Crippen molar-refractivity contribution in [3.63, 3.8) is 0 Å². The molecule has 2 unspecified atom stereocenters. The van der Waals surface area contributed by atoms with Crippen LogP contribution in [-0.2, 0) is 13.6 Å². The van der Waals surface area contributed by atoms with Crippen LogP contribution in [0.2, 0.25) is 0 Å². The number of thiophene rings is 1. The number of imidazole rings is 1. The minimum Gasteiger partial charge on any atom is -0.357 e. The molecule has 0 spiro atoms. The molecule has 0 saturated carbocycles. The third-order valence-corrected chi connectivity index (χ3v) is 6.92. The highest BCUT2D eigenvalue weighted by atomic mass is 32.1. The van der Waals surface area contributed by atoms with Gasteiger partial charge in [-0.3, -0.25) is 4.90 Å². The summed E-state index contributed by atoms with van der Waals surface area (Å²) in [5.74, 6) is 2.41. The molecule has 2 atom stereocenters. The summed E-state index contributed by atoms with van der Waals surface area (Å²) in [5.41, 5.74) is 2.16. The molecule has 7 heteroatoms. The largest absolute Gasteiger partial charge is 0.357 e. The molecule has 30 heavy (non-hydrogen) atoms. The van der Waals surface area contributed by atoms with Crippen LogP contribution < -0.4 is 10.6 Å². The minimum absolute atomic E-state index is 0.481. The molecule has 0 bridgehead atoms. The van der Waals surface area contributed by atoms with E-state index in [1.165, 1.54) is 24.3 Å². The Morgan fingerprint density at radius 2 is 2.07 bits per heavy atom. The van der Waals surface area contributed by atoms with E-state index in [0.29, 0.717) is 18.5 Å². The van der Waals surface area contributed by atoms with Crippen molar-refractivity contribution in [3.05, 3.63) is 52.5 Å². The molecular formula is C23H32N6S. The van der Waals surface area contributed by atoms with E-state index in [1.54, 1.807) is 0 Å². The fraction of sp³-hybridized carbons (Fsp3) is 0.478. The van der Waals surface area contributed by atoms with Crippen molar-refractivity contribution >= 4 is 28.3 Å². The van der Waals surface area contributed by atoms with Gasteiger partial charge in [-0.25, -0.2) is 9.98 Å². The molecule has 3 aromatic rings. The molecule has 0 amide bonds. The molecule has 2 N–H and O–H groups in total. The maximum atomic E-state index is 4.83. The average Bonchev–Trinajstić information content (AvgIpc) is 3.39. The zero-order valence-corrected chi connectivity index (χ0v) is 19.0. The number of hydrogen-bond donors (Lipinski definition) is 2. The Bertz CT molecular complexity index is 977. The van der Waals surface area contributed by atoms with Gasteiger partial charge in [0, 0.05) is 31.1 Å². The number of aryl methyl sites for hydroxylation is 1. The van der Waals surface area contributed by atoms with Crippen molar-refractivity contribution in [2.24, 2.45) is 18.0 Å². The lowest BCUT2D eigenvalue weighted by molar-refractivity contribution is 0.125. The number of likely N-dealkylation sites (tertiary alicyclic amines) is 1. The molecule has 160 valence electrons. The number of benzene rings is 1. The Balaban J connectivity index is 1.45. The Labute approximate surface area is 183 Å². The maximum absolute atomic E-state index is 4.83. The van der Waals surface area contributed by atoms with Crippen LogP contribution in [0.25, 0.3) is 11.0 Å². The van der Waals surface area contributed by atoms with E-state index < -0.39 is 0 Å². The number of fused-ring (bicyclic) bond motifs is 1. The topological polar surface area (TPSA) is 57.5 Å². The highest BCUT2D eigenvalue weighted by Gasteiger charge is 2.31. The smallest absolute Gasteiger partial charge is 0.191 e. The maximum Gasteiger partial charge on any atom is 0.191 e. The second kappa shape index (κ2) is 9.62. The van der Waals surface area contributed by atoms with Crippen molar-refractivity contribution in [3.8, 4) is 0 Å². The van der Waals surface area contributed by atoms with Crippen molar-refractivity contribution in [1.82, 2.24) is 25.1 Å². The van der Waals surface area contributed by atoms with Crippen LogP contribution in [0.15, 0.2) is 46.8 Å². The summed E-state index contributed by atoms with van der Waals surface area (Å²) in [4.78, 5) is 13.5. The summed E-state index contributed by atoms with van der Waals surface area (Å²) in [7, 11) is 4.31. The van der Waals surface area contributed by atoms with Gasteiger partial charge < -0.3 is 15.2 Å². The minimum atomic E-state index is 0.481. The number of hydrogen-bond acceptors (Lipinski definition) is 4. The van der Waals surface area contributed by atoms with Crippen molar-refractivity contribution < 1.29 is 0 Å². The standard InChI is InChI=1S/C23H32N6S/c1-4-24-23(26-16-21-27-18-10-5-6-11-19(18)29(21)3)25-15-17-9-7-13-28(2)22(17)20-12-8-14-30-20/h5-6,8,10-12,14,17,22H,4,7,9,13,15-16H2,1-3H3,(H2,24,25,26). The second-order valence-corrected chi connectivity index (χ2v) is 8.97. The number of aliphatic imine (C=N–C) groups is 1. The van der Waals surface area contributed by atoms with E-state index in [4.69, 9.17) is 9.98 Å². The van der Waals surface area contributed by atoms with E-state index in [-0.39, 0.29) is 0 Å². The molecule has 1 aliphatic heterocycles. The van der Waals surface area contributed by atoms with Gasteiger partial charge in [0.05, 0.1) is 11.0 Å². The molecular weight excluding hydrogens is 392 g/mol. The first-order valence-electron chi connectivity index (χ1n) is 10.8. The second-order valence-electron chi connectivity index (χ2n) is 8.00. The van der Waals surface area contributed by atoms with Crippen molar-refractivity contribution in [2.45, 2.75) is 32.4 Å². The van der Waals surface area contributed by atoms with Crippen LogP contribution in [0.4, 0.5) is 0 Å². The van der Waals surface area contributed by atoms with Crippen LogP contribution >= 0.6 is 11.3 Å². The van der Waals surface area contributed by atoms with Crippen molar-refractivity contribution in [1.29, 1.82) is 0 Å². The van der Waals surface area contributed by atoms with E-state index >= 15 is 0 Å². The Morgan fingerprint density at radius 1 is 1.20 bits per heavy atom. The highest BCUT2D eigenvalue weighted by Crippen LogP contribution is 2.36. The molecule has 1 fully saturated rings. The molecule has 2 aromatic heterocycles. The van der Waals surface area contributed by atoms with Gasteiger partial charge in [0.15, 0.2) is 5.96 Å². The van der Waals surface area contributed by atoms with E-state index in [1.807, 2.05) is 23.5 Å². The lowest BCUT2D eigenvalue weighted by atomic mass is 9.88. The number of para-hydroxylation sites is 2. The predicted molar refractivity (Wildman–Crippen MR) is 126 cm³/mol. The number of rotatable bonds is 6. The third kappa shape index (κ3) is 4.52. The third-order valence-electron chi connectivity index (χ3n) is 5.98. The lowest BCUT2D eigenvalue weighted by Gasteiger charge is -2.39.